The summed E-state index contributed by atoms with van der Waals surface area (Å²) in [7, 11) is 0. The van der Waals surface area contributed by atoms with Crippen LogP contribution >= 0.6 is 34.8 Å². The standard InChI is InChI=1S/C19H20Cl3NO/c20-14-8-9-19(13(10-14)11-23-15-4-1-2-5-15)24-12-16-17(21)6-3-7-18(16)22/h3,6-10,15,23H,1-2,4-5,11-12H2. The largest absolute Gasteiger partial charge is 0.488 e. The molecule has 1 fully saturated rings. The predicted molar refractivity (Wildman–Crippen MR) is 101 cm³/mol. The third-order valence-corrected chi connectivity index (χ3v) is 5.34. The number of nitrogens with one attached hydrogen (secondary N) is 1. The van der Waals surface area contributed by atoms with Crippen LogP contribution in [0.25, 0.3) is 0 Å². The first-order valence-electron chi connectivity index (χ1n) is 8.21. The molecule has 1 saturated carbocycles. The highest BCUT2D eigenvalue weighted by Gasteiger charge is 2.15. The van der Waals surface area contributed by atoms with Crippen molar-refractivity contribution in [2.24, 2.45) is 0 Å². The molecule has 1 aliphatic rings. The maximum absolute atomic E-state index is 6.21. The van der Waals surface area contributed by atoms with E-state index in [1.165, 1.54) is 25.7 Å². The van der Waals surface area contributed by atoms with E-state index in [1.54, 1.807) is 0 Å². The summed E-state index contributed by atoms with van der Waals surface area (Å²) in [4.78, 5) is 0. The summed E-state index contributed by atoms with van der Waals surface area (Å²) in [6.07, 6.45) is 5.10. The molecule has 128 valence electrons. The summed E-state index contributed by atoms with van der Waals surface area (Å²) in [5, 5.41) is 5.53. The molecule has 0 unspecified atom stereocenters. The van der Waals surface area contributed by atoms with Crippen molar-refractivity contribution in [3.8, 4) is 5.75 Å². The molecule has 0 spiro atoms. The fraction of sp³-hybridized carbons (Fsp3) is 0.368. The summed E-state index contributed by atoms with van der Waals surface area (Å²) in [6, 6.07) is 11.7. The molecule has 2 aromatic rings. The third-order valence-electron chi connectivity index (χ3n) is 4.39. The van der Waals surface area contributed by atoms with E-state index in [0.717, 1.165) is 23.4 Å². The number of hydrogen-bond acceptors (Lipinski definition) is 2. The second-order valence-corrected chi connectivity index (χ2v) is 7.35. The Morgan fingerprint density at radius 3 is 2.42 bits per heavy atom. The molecule has 3 rings (SSSR count). The van der Waals surface area contributed by atoms with Gasteiger partial charge >= 0.3 is 0 Å². The van der Waals surface area contributed by atoms with E-state index in [2.05, 4.69) is 5.32 Å². The normalized spacial score (nSPS) is 15.0. The summed E-state index contributed by atoms with van der Waals surface area (Å²) < 4.78 is 5.99. The van der Waals surface area contributed by atoms with Gasteiger partial charge in [-0.2, -0.15) is 0 Å². The van der Waals surface area contributed by atoms with E-state index in [0.29, 0.717) is 27.7 Å². The lowest BCUT2D eigenvalue weighted by atomic mass is 10.1. The van der Waals surface area contributed by atoms with Gasteiger partial charge in [0, 0.05) is 38.8 Å². The molecule has 2 nitrogen and oxygen atoms in total. The molecule has 0 heterocycles. The number of rotatable bonds is 6. The van der Waals surface area contributed by atoms with Crippen LogP contribution in [0.1, 0.15) is 36.8 Å². The van der Waals surface area contributed by atoms with Gasteiger partial charge in [0.1, 0.15) is 12.4 Å². The molecule has 0 saturated heterocycles. The third kappa shape index (κ3) is 4.58. The number of benzene rings is 2. The van der Waals surface area contributed by atoms with Crippen LogP contribution in [0, 0.1) is 0 Å². The van der Waals surface area contributed by atoms with Crippen LogP contribution in [0.5, 0.6) is 5.75 Å². The van der Waals surface area contributed by atoms with Crippen LogP contribution in [0.15, 0.2) is 36.4 Å². The monoisotopic (exact) mass is 383 g/mol. The summed E-state index contributed by atoms with van der Waals surface area (Å²) in [5.74, 6) is 0.806. The van der Waals surface area contributed by atoms with Gasteiger partial charge in [-0.1, -0.05) is 53.7 Å². The van der Waals surface area contributed by atoms with Gasteiger partial charge in [0.15, 0.2) is 0 Å². The molecular formula is C19H20Cl3NO. The summed E-state index contributed by atoms with van der Waals surface area (Å²) in [6.45, 7) is 1.08. The Kier molecular flexibility index (Phi) is 6.29. The van der Waals surface area contributed by atoms with E-state index in [4.69, 9.17) is 39.5 Å². The van der Waals surface area contributed by atoms with Crippen molar-refractivity contribution in [1.82, 2.24) is 5.32 Å². The highest BCUT2D eigenvalue weighted by Crippen LogP contribution is 2.29. The Labute approximate surface area is 158 Å². The Bertz CT molecular complexity index is 679. The fourth-order valence-corrected chi connectivity index (χ4v) is 3.73. The Morgan fingerprint density at radius 2 is 1.71 bits per heavy atom. The van der Waals surface area contributed by atoms with Gasteiger partial charge in [0.2, 0.25) is 0 Å². The molecule has 0 bridgehead atoms. The molecule has 0 amide bonds. The first-order chi connectivity index (χ1) is 11.6. The predicted octanol–water partition coefficient (Wildman–Crippen LogP) is 6.26. The Morgan fingerprint density at radius 1 is 1.00 bits per heavy atom. The molecule has 2 aromatic carbocycles. The van der Waals surface area contributed by atoms with Gasteiger partial charge in [-0.25, -0.2) is 0 Å². The van der Waals surface area contributed by atoms with Crippen LogP contribution in [0.2, 0.25) is 15.1 Å². The van der Waals surface area contributed by atoms with Gasteiger partial charge in [0.25, 0.3) is 0 Å². The lowest BCUT2D eigenvalue weighted by Gasteiger charge is -2.16. The first-order valence-corrected chi connectivity index (χ1v) is 9.34. The summed E-state index contributed by atoms with van der Waals surface area (Å²) in [5.41, 5.74) is 1.85. The minimum absolute atomic E-state index is 0.330. The highest BCUT2D eigenvalue weighted by atomic mass is 35.5. The van der Waals surface area contributed by atoms with Crippen molar-refractivity contribution in [2.45, 2.75) is 44.9 Å². The van der Waals surface area contributed by atoms with Crippen molar-refractivity contribution >= 4 is 34.8 Å². The lowest BCUT2D eigenvalue weighted by molar-refractivity contribution is 0.301. The van der Waals surface area contributed by atoms with Crippen LogP contribution in [-0.4, -0.2) is 6.04 Å². The van der Waals surface area contributed by atoms with Crippen LogP contribution in [0.3, 0.4) is 0 Å². The molecule has 5 heteroatoms. The van der Waals surface area contributed by atoms with Crippen LogP contribution in [-0.2, 0) is 13.2 Å². The second kappa shape index (κ2) is 8.44. The quantitative estimate of drug-likeness (QED) is 0.635. The fourth-order valence-electron chi connectivity index (χ4n) is 3.03. The van der Waals surface area contributed by atoms with Crippen molar-refractivity contribution in [3.63, 3.8) is 0 Å². The molecule has 1 N–H and O–H groups in total. The minimum Gasteiger partial charge on any atom is -0.488 e. The van der Waals surface area contributed by atoms with E-state index >= 15 is 0 Å². The van der Waals surface area contributed by atoms with Crippen molar-refractivity contribution < 1.29 is 4.74 Å². The lowest BCUT2D eigenvalue weighted by Crippen LogP contribution is -2.25. The average Bonchev–Trinajstić information content (AvgIpc) is 3.07. The van der Waals surface area contributed by atoms with Gasteiger partial charge in [0.05, 0.1) is 0 Å². The molecule has 24 heavy (non-hydrogen) atoms. The highest BCUT2D eigenvalue weighted by molar-refractivity contribution is 6.36. The maximum Gasteiger partial charge on any atom is 0.124 e. The van der Waals surface area contributed by atoms with Gasteiger partial charge in [-0.3, -0.25) is 0 Å². The Balaban J connectivity index is 1.70. The van der Waals surface area contributed by atoms with Gasteiger partial charge in [-0.05, 0) is 43.2 Å². The molecule has 0 radical (unpaired) electrons. The zero-order chi connectivity index (χ0) is 16.9. The van der Waals surface area contributed by atoms with Crippen molar-refractivity contribution in [3.05, 3.63) is 62.6 Å². The zero-order valence-electron chi connectivity index (χ0n) is 13.3. The summed E-state index contributed by atoms with van der Waals surface area (Å²) >= 11 is 18.6. The van der Waals surface area contributed by atoms with Gasteiger partial charge in [-0.15, -0.1) is 0 Å². The van der Waals surface area contributed by atoms with Crippen molar-refractivity contribution in [2.75, 3.05) is 0 Å². The van der Waals surface area contributed by atoms with Crippen LogP contribution < -0.4 is 10.1 Å². The number of ether oxygens (including phenoxy) is 1. The number of halogens is 3. The SMILES string of the molecule is Clc1ccc(OCc2c(Cl)cccc2Cl)c(CNC2CCCC2)c1. The molecule has 0 atom stereocenters. The topological polar surface area (TPSA) is 21.3 Å². The van der Waals surface area contributed by atoms with Gasteiger partial charge < -0.3 is 10.1 Å². The minimum atomic E-state index is 0.330. The second-order valence-electron chi connectivity index (χ2n) is 6.10. The van der Waals surface area contributed by atoms with E-state index in [-0.39, 0.29) is 0 Å². The van der Waals surface area contributed by atoms with E-state index < -0.39 is 0 Å². The van der Waals surface area contributed by atoms with E-state index in [9.17, 15) is 0 Å². The molecule has 1 aliphatic carbocycles. The van der Waals surface area contributed by atoms with Crippen LogP contribution in [0.4, 0.5) is 0 Å². The van der Waals surface area contributed by atoms with E-state index in [1.807, 2.05) is 36.4 Å². The first kappa shape index (κ1) is 17.9. The maximum atomic E-state index is 6.21. The van der Waals surface area contributed by atoms with Crippen molar-refractivity contribution in [1.29, 1.82) is 0 Å². The molecule has 0 aromatic heterocycles. The smallest absolute Gasteiger partial charge is 0.124 e. The Hall–Kier alpha value is -0.930. The average molecular weight is 385 g/mol. The molecular weight excluding hydrogens is 365 g/mol. The molecule has 0 aliphatic heterocycles. The zero-order valence-corrected chi connectivity index (χ0v) is 15.6. The number of hydrogen-bond donors (Lipinski definition) is 1.